The summed E-state index contributed by atoms with van der Waals surface area (Å²) in [5.74, 6) is 3.50. The first-order valence-corrected chi connectivity index (χ1v) is 21.4. The molecule has 0 saturated carbocycles. The monoisotopic (exact) mass is 738 g/mol. The third-order valence-electron chi connectivity index (χ3n) is 8.99. The van der Waals surface area contributed by atoms with E-state index in [-0.39, 0.29) is 16.6 Å². The normalized spacial score (nSPS) is 15.3. The second-order valence-corrected chi connectivity index (χ2v) is 17.2. The highest BCUT2D eigenvalue weighted by Crippen LogP contribution is 2.34. The summed E-state index contributed by atoms with van der Waals surface area (Å²) in [6, 6.07) is 19.1. The SMILES string of the molecule is CCCCC(CC)CSc1ccc(C)cc1N.CCCCC(CC)CSc1ccc(C)cc1NC(=O)/C=C1/Nc2ccccc2S(=O)(=O)N1C. The highest BCUT2D eigenvalue weighted by Gasteiger charge is 2.31. The van der Waals surface area contributed by atoms with Gasteiger partial charge in [-0.05, 0) is 86.1 Å². The quantitative estimate of drug-likeness (QED) is 0.0763. The van der Waals surface area contributed by atoms with Crippen molar-refractivity contribution >= 4 is 56.5 Å². The van der Waals surface area contributed by atoms with Crippen molar-refractivity contribution in [2.75, 3.05) is 34.9 Å². The summed E-state index contributed by atoms with van der Waals surface area (Å²) in [6.07, 6.45) is 11.4. The van der Waals surface area contributed by atoms with Gasteiger partial charge in [0.05, 0.1) is 11.4 Å². The topological polar surface area (TPSA) is 105 Å². The average Bonchev–Trinajstić information content (AvgIpc) is 3.09. The number of fused-ring (bicyclic) bond motifs is 1. The number of sulfonamides is 1. The molecule has 3 aromatic rings. The van der Waals surface area contributed by atoms with Crippen molar-refractivity contribution in [2.24, 2.45) is 11.8 Å². The standard InChI is InChI=1S/C25H33N3O3S2.C15H25NS/c1-5-7-10-19(6-2)17-32-22-14-13-18(3)15-21(22)27-25(29)16-24-26-20-11-8-9-12-23(20)33(30,31)28(24)4;1-4-6-7-13(5-2)11-17-15-9-8-12(3)10-14(15)16/h8-9,11-16,19,26H,5-7,10,17H2,1-4H3,(H,27,29);8-10,13H,4-7,11,16H2,1-3H3/b24-16-;. The van der Waals surface area contributed by atoms with Gasteiger partial charge >= 0.3 is 0 Å². The number of thioether (sulfide) groups is 2. The number of nitrogens with zero attached hydrogens (tertiary/aromatic N) is 1. The van der Waals surface area contributed by atoms with Gasteiger partial charge in [-0.1, -0.05) is 90.5 Å². The number of hydrogen-bond acceptors (Lipinski definition) is 7. The lowest BCUT2D eigenvalue weighted by molar-refractivity contribution is -0.112. The number of benzene rings is 3. The molecule has 10 heteroatoms. The van der Waals surface area contributed by atoms with Crippen LogP contribution < -0.4 is 16.4 Å². The Kier molecular flexibility index (Phi) is 17.1. The molecule has 2 unspecified atom stereocenters. The fourth-order valence-corrected chi connectivity index (χ4v) is 9.34. The maximum atomic E-state index is 12.9. The molecule has 1 amide bonds. The molecule has 0 radical (unpaired) electrons. The third kappa shape index (κ3) is 12.3. The number of nitrogen functional groups attached to an aromatic ring is 1. The number of nitrogens with one attached hydrogen (secondary N) is 2. The van der Waals surface area contributed by atoms with Crippen molar-refractivity contribution in [3.05, 3.63) is 83.7 Å². The molecule has 2 atom stereocenters. The Labute approximate surface area is 310 Å². The zero-order valence-electron chi connectivity index (χ0n) is 31.1. The van der Waals surface area contributed by atoms with E-state index < -0.39 is 10.0 Å². The van der Waals surface area contributed by atoms with E-state index in [0.717, 1.165) is 44.2 Å². The first-order valence-electron chi connectivity index (χ1n) is 18.0. The van der Waals surface area contributed by atoms with Gasteiger partial charge in [-0.2, -0.15) is 0 Å². The Morgan fingerprint density at radius 1 is 0.860 bits per heavy atom. The maximum Gasteiger partial charge on any atom is 0.267 e. The van der Waals surface area contributed by atoms with Crippen LogP contribution in [0.1, 0.15) is 90.2 Å². The summed E-state index contributed by atoms with van der Waals surface area (Å²) in [4.78, 5) is 15.3. The number of unbranched alkanes of at least 4 members (excludes halogenated alkanes) is 2. The molecule has 0 saturated heterocycles. The fourth-order valence-electron chi connectivity index (χ4n) is 5.59. The molecular weight excluding hydrogens is 681 g/mol. The molecule has 1 aliphatic rings. The Hall–Kier alpha value is -3.08. The van der Waals surface area contributed by atoms with Gasteiger partial charge in [0.1, 0.15) is 10.7 Å². The third-order valence-corrected chi connectivity index (χ3v) is 13.4. The maximum absolute atomic E-state index is 12.9. The predicted octanol–water partition coefficient (Wildman–Crippen LogP) is 10.7. The summed E-state index contributed by atoms with van der Waals surface area (Å²) >= 11 is 3.67. The number of nitrogens with two attached hydrogens (primary N) is 1. The first kappa shape index (κ1) is 41.3. The second-order valence-electron chi connectivity index (χ2n) is 13.1. The van der Waals surface area contributed by atoms with Gasteiger partial charge in [0.25, 0.3) is 15.9 Å². The zero-order chi connectivity index (χ0) is 36.7. The Balaban J connectivity index is 0.000000335. The molecule has 7 nitrogen and oxygen atoms in total. The summed E-state index contributed by atoms with van der Waals surface area (Å²) in [7, 11) is -2.28. The number of amides is 1. The van der Waals surface area contributed by atoms with Crippen LogP contribution in [0.25, 0.3) is 0 Å². The molecule has 0 spiro atoms. The Morgan fingerprint density at radius 3 is 2.00 bits per heavy atom. The van der Waals surface area contributed by atoms with Crippen molar-refractivity contribution in [1.29, 1.82) is 0 Å². The molecule has 3 aromatic carbocycles. The predicted molar refractivity (Wildman–Crippen MR) is 217 cm³/mol. The minimum atomic E-state index is -3.71. The number of anilines is 3. The molecule has 0 aliphatic carbocycles. The smallest absolute Gasteiger partial charge is 0.267 e. The molecule has 1 heterocycles. The van der Waals surface area contributed by atoms with Gasteiger partial charge < -0.3 is 16.4 Å². The number of carbonyl (C=O) groups excluding carboxylic acids is 1. The van der Waals surface area contributed by atoms with Crippen molar-refractivity contribution < 1.29 is 13.2 Å². The lowest BCUT2D eigenvalue weighted by Gasteiger charge is -2.30. The van der Waals surface area contributed by atoms with E-state index in [4.69, 9.17) is 5.73 Å². The zero-order valence-corrected chi connectivity index (χ0v) is 33.5. The van der Waals surface area contributed by atoms with Crippen molar-refractivity contribution in [1.82, 2.24) is 4.31 Å². The van der Waals surface area contributed by atoms with E-state index in [1.54, 1.807) is 36.0 Å². The summed E-state index contributed by atoms with van der Waals surface area (Å²) in [5, 5.41) is 6.01. The van der Waals surface area contributed by atoms with Gasteiger partial charge in [-0.15, -0.1) is 23.5 Å². The van der Waals surface area contributed by atoms with Crippen LogP contribution in [0.5, 0.6) is 0 Å². The number of para-hydroxylation sites is 1. The van der Waals surface area contributed by atoms with E-state index in [1.807, 2.05) is 36.9 Å². The molecule has 4 N–H and O–H groups in total. The van der Waals surface area contributed by atoms with E-state index in [0.29, 0.717) is 11.6 Å². The van der Waals surface area contributed by atoms with Crippen LogP contribution in [-0.4, -0.2) is 37.2 Å². The molecule has 50 heavy (non-hydrogen) atoms. The molecule has 1 aliphatic heterocycles. The van der Waals surface area contributed by atoms with Gasteiger partial charge in [0, 0.05) is 40.1 Å². The molecule has 0 aromatic heterocycles. The van der Waals surface area contributed by atoms with Crippen LogP contribution in [-0.2, 0) is 14.8 Å². The molecule has 0 bridgehead atoms. The minimum absolute atomic E-state index is 0.191. The van der Waals surface area contributed by atoms with Gasteiger partial charge in [-0.3, -0.25) is 9.10 Å². The largest absolute Gasteiger partial charge is 0.398 e. The van der Waals surface area contributed by atoms with E-state index in [1.165, 1.54) is 74.3 Å². The number of aryl methyl sites for hydroxylation is 2. The van der Waals surface area contributed by atoms with E-state index >= 15 is 0 Å². The van der Waals surface area contributed by atoms with Crippen molar-refractivity contribution in [3.8, 4) is 0 Å². The van der Waals surface area contributed by atoms with Crippen molar-refractivity contribution in [2.45, 2.75) is 108 Å². The Morgan fingerprint density at radius 2 is 1.42 bits per heavy atom. The van der Waals surface area contributed by atoms with Crippen LogP contribution in [0.2, 0.25) is 0 Å². The van der Waals surface area contributed by atoms with Gasteiger partial charge in [0.2, 0.25) is 0 Å². The molecule has 4 rings (SSSR count). The average molecular weight is 739 g/mol. The van der Waals surface area contributed by atoms with E-state index in [9.17, 15) is 13.2 Å². The van der Waals surface area contributed by atoms with Crippen LogP contribution >= 0.6 is 23.5 Å². The van der Waals surface area contributed by atoms with Gasteiger partial charge in [-0.25, -0.2) is 8.42 Å². The molecular formula is C40H58N4O3S3. The van der Waals surface area contributed by atoms with Gasteiger partial charge in [0.15, 0.2) is 0 Å². The van der Waals surface area contributed by atoms with Crippen molar-refractivity contribution in [3.63, 3.8) is 0 Å². The lowest BCUT2D eigenvalue weighted by Crippen LogP contribution is -2.35. The lowest BCUT2D eigenvalue weighted by atomic mass is 10.0. The first-order chi connectivity index (χ1) is 23.9. The molecule has 0 fully saturated rings. The highest BCUT2D eigenvalue weighted by atomic mass is 32.2. The summed E-state index contributed by atoms with van der Waals surface area (Å²) in [6.45, 7) is 13.1. The van der Waals surface area contributed by atoms with Crippen LogP contribution in [0, 0.1) is 25.7 Å². The van der Waals surface area contributed by atoms with Crippen LogP contribution in [0.4, 0.5) is 17.1 Å². The number of rotatable bonds is 16. The van der Waals surface area contributed by atoms with Crippen LogP contribution in [0.3, 0.4) is 0 Å². The molecule has 274 valence electrons. The minimum Gasteiger partial charge on any atom is -0.398 e. The number of carbonyl (C=O) groups is 1. The summed E-state index contributed by atoms with van der Waals surface area (Å²) < 4.78 is 26.7. The Bertz CT molecular complexity index is 1680. The van der Waals surface area contributed by atoms with E-state index in [2.05, 4.69) is 63.5 Å². The number of hydrogen-bond donors (Lipinski definition) is 3. The van der Waals surface area contributed by atoms with Crippen LogP contribution in [0.15, 0.2) is 87.2 Å². The summed E-state index contributed by atoms with van der Waals surface area (Å²) in [5.41, 5.74) is 10.4. The second kappa shape index (κ2) is 20.7. The highest BCUT2D eigenvalue weighted by molar-refractivity contribution is 7.99. The fraction of sp³-hybridized carbons (Fsp3) is 0.475.